The van der Waals surface area contributed by atoms with Crippen molar-refractivity contribution in [3.8, 4) is 0 Å². The highest BCUT2D eigenvalue weighted by Gasteiger charge is 2.13. The number of benzene rings is 3. The molecule has 0 amide bonds. The maximum Gasteiger partial charge on any atom is 0.240 e. The third-order valence-corrected chi connectivity index (χ3v) is 5.93. The molecule has 0 spiro atoms. The number of sulfonamides is 1. The monoisotopic (exact) mass is 392 g/mol. The molecule has 0 bridgehead atoms. The van der Waals surface area contributed by atoms with Crippen LogP contribution in [0.15, 0.2) is 77.7 Å². The van der Waals surface area contributed by atoms with Crippen LogP contribution in [0.1, 0.15) is 0 Å². The highest BCUT2D eigenvalue weighted by molar-refractivity contribution is 7.89. The van der Waals surface area contributed by atoms with E-state index in [1.165, 1.54) is 0 Å². The number of fused-ring (bicyclic) bond motifs is 2. The first kappa shape index (κ1) is 18.4. The van der Waals surface area contributed by atoms with Crippen molar-refractivity contribution in [3.05, 3.63) is 72.8 Å². The molecular weight excluding hydrogens is 372 g/mol. The molecule has 142 valence electrons. The van der Waals surface area contributed by atoms with Crippen LogP contribution in [-0.2, 0) is 10.0 Å². The van der Waals surface area contributed by atoms with Crippen LogP contribution >= 0.6 is 0 Å². The minimum atomic E-state index is -3.55. The summed E-state index contributed by atoms with van der Waals surface area (Å²) in [5, 5.41) is 5.44. The van der Waals surface area contributed by atoms with Crippen LogP contribution in [0.3, 0.4) is 0 Å². The summed E-state index contributed by atoms with van der Waals surface area (Å²) in [4.78, 5) is 4.92. The van der Waals surface area contributed by atoms with Crippen LogP contribution in [0.25, 0.3) is 21.8 Å². The number of nitrogens with two attached hydrogens (primary N) is 1. The predicted octanol–water partition coefficient (Wildman–Crippen LogP) is 3.37. The Morgan fingerprint density at radius 3 is 1.96 bits per heavy atom. The Kier molecular flexibility index (Phi) is 4.95. The smallest absolute Gasteiger partial charge is 0.240 e. The zero-order valence-corrected chi connectivity index (χ0v) is 15.9. The lowest BCUT2D eigenvalue weighted by Gasteiger charge is -2.14. The summed E-state index contributed by atoms with van der Waals surface area (Å²) in [5.74, 6) is 0. The van der Waals surface area contributed by atoms with E-state index in [1.54, 1.807) is 24.3 Å². The SMILES string of the molecule is NCCNS(=O)(=O)c1ccc(Nc2c3ccccc3nc3ccccc23)cc1. The maximum absolute atomic E-state index is 12.2. The highest BCUT2D eigenvalue weighted by atomic mass is 32.2. The summed E-state index contributed by atoms with van der Waals surface area (Å²) in [6, 6.07) is 22.5. The van der Waals surface area contributed by atoms with Crippen molar-refractivity contribution in [1.29, 1.82) is 0 Å². The van der Waals surface area contributed by atoms with Crippen molar-refractivity contribution in [3.63, 3.8) is 0 Å². The van der Waals surface area contributed by atoms with Crippen molar-refractivity contribution in [2.75, 3.05) is 18.4 Å². The lowest BCUT2D eigenvalue weighted by atomic mass is 10.1. The normalized spacial score (nSPS) is 11.8. The van der Waals surface area contributed by atoms with Gasteiger partial charge in [0.2, 0.25) is 10.0 Å². The number of hydrogen-bond acceptors (Lipinski definition) is 5. The first-order chi connectivity index (χ1) is 13.6. The number of hydrogen-bond donors (Lipinski definition) is 3. The Hall–Kier alpha value is -3.00. The van der Waals surface area contributed by atoms with Crippen LogP contribution < -0.4 is 15.8 Å². The Bertz CT molecular complexity index is 1180. The minimum absolute atomic E-state index is 0.205. The second-order valence-electron chi connectivity index (χ2n) is 6.36. The molecule has 0 unspecified atom stereocenters. The average Bonchev–Trinajstić information content (AvgIpc) is 2.72. The zero-order valence-electron chi connectivity index (χ0n) is 15.1. The second kappa shape index (κ2) is 7.55. The van der Waals surface area contributed by atoms with E-state index in [1.807, 2.05) is 48.5 Å². The number of nitrogens with zero attached hydrogens (tertiary/aromatic N) is 1. The van der Waals surface area contributed by atoms with Crippen molar-refractivity contribution in [2.45, 2.75) is 4.90 Å². The van der Waals surface area contributed by atoms with Crippen LogP contribution in [0, 0.1) is 0 Å². The van der Waals surface area contributed by atoms with E-state index in [-0.39, 0.29) is 18.0 Å². The van der Waals surface area contributed by atoms with Gasteiger partial charge in [0, 0.05) is 29.5 Å². The molecule has 0 atom stereocenters. The summed E-state index contributed by atoms with van der Waals surface area (Å²) in [6.07, 6.45) is 0. The molecule has 0 saturated carbocycles. The molecule has 0 aliphatic carbocycles. The Morgan fingerprint density at radius 2 is 1.39 bits per heavy atom. The molecule has 0 aliphatic heterocycles. The average molecular weight is 392 g/mol. The summed E-state index contributed by atoms with van der Waals surface area (Å²) in [7, 11) is -3.55. The van der Waals surface area contributed by atoms with E-state index in [0.29, 0.717) is 0 Å². The quantitative estimate of drug-likeness (QED) is 0.437. The summed E-state index contributed by atoms with van der Waals surface area (Å²) < 4.78 is 26.9. The van der Waals surface area contributed by atoms with Crippen LogP contribution in [-0.4, -0.2) is 26.5 Å². The topological polar surface area (TPSA) is 97.1 Å². The highest BCUT2D eigenvalue weighted by Crippen LogP contribution is 2.33. The Labute approximate surface area is 163 Å². The largest absolute Gasteiger partial charge is 0.354 e. The molecule has 0 fully saturated rings. The molecule has 0 radical (unpaired) electrons. The number of nitrogens with one attached hydrogen (secondary N) is 2. The molecule has 0 saturated heterocycles. The van der Waals surface area contributed by atoms with Gasteiger partial charge in [0.25, 0.3) is 0 Å². The van der Waals surface area contributed by atoms with Crippen molar-refractivity contribution < 1.29 is 8.42 Å². The fourth-order valence-electron chi connectivity index (χ4n) is 3.11. The number of anilines is 2. The number of para-hydroxylation sites is 2. The Morgan fingerprint density at radius 1 is 0.821 bits per heavy atom. The molecule has 4 rings (SSSR count). The van der Waals surface area contributed by atoms with Gasteiger partial charge in [-0.15, -0.1) is 0 Å². The van der Waals surface area contributed by atoms with Crippen molar-refractivity contribution >= 4 is 43.2 Å². The second-order valence-corrected chi connectivity index (χ2v) is 8.12. The minimum Gasteiger partial charge on any atom is -0.354 e. The molecular formula is C21H20N4O2S. The van der Waals surface area contributed by atoms with Crippen molar-refractivity contribution in [2.24, 2.45) is 5.73 Å². The van der Waals surface area contributed by atoms with E-state index in [2.05, 4.69) is 10.0 Å². The van der Waals surface area contributed by atoms with Gasteiger partial charge in [-0.3, -0.25) is 0 Å². The van der Waals surface area contributed by atoms with Gasteiger partial charge in [-0.1, -0.05) is 36.4 Å². The fourth-order valence-corrected chi connectivity index (χ4v) is 4.16. The molecule has 1 heterocycles. The van der Waals surface area contributed by atoms with Gasteiger partial charge in [-0.2, -0.15) is 0 Å². The maximum atomic E-state index is 12.2. The van der Waals surface area contributed by atoms with Gasteiger partial charge in [0.05, 0.1) is 21.6 Å². The fraction of sp³-hybridized carbons (Fsp3) is 0.0952. The first-order valence-corrected chi connectivity index (χ1v) is 10.4. The van der Waals surface area contributed by atoms with Gasteiger partial charge in [0.15, 0.2) is 0 Å². The van der Waals surface area contributed by atoms with E-state index < -0.39 is 10.0 Å². The molecule has 28 heavy (non-hydrogen) atoms. The van der Waals surface area contributed by atoms with Crippen LogP contribution in [0.5, 0.6) is 0 Å². The van der Waals surface area contributed by atoms with E-state index in [4.69, 9.17) is 10.7 Å². The third-order valence-electron chi connectivity index (χ3n) is 4.46. The summed E-state index contributed by atoms with van der Waals surface area (Å²) in [5.41, 5.74) is 8.90. The van der Waals surface area contributed by atoms with Gasteiger partial charge >= 0.3 is 0 Å². The zero-order chi connectivity index (χ0) is 19.6. The summed E-state index contributed by atoms with van der Waals surface area (Å²) >= 11 is 0. The molecule has 7 heteroatoms. The molecule has 0 aliphatic rings. The molecule has 1 aromatic heterocycles. The van der Waals surface area contributed by atoms with Gasteiger partial charge in [0.1, 0.15) is 0 Å². The van der Waals surface area contributed by atoms with Gasteiger partial charge < -0.3 is 11.1 Å². The van der Waals surface area contributed by atoms with E-state index in [9.17, 15) is 8.42 Å². The predicted molar refractivity (Wildman–Crippen MR) is 113 cm³/mol. The first-order valence-electron chi connectivity index (χ1n) is 8.93. The summed E-state index contributed by atoms with van der Waals surface area (Å²) in [6.45, 7) is 0.457. The van der Waals surface area contributed by atoms with E-state index >= 15 is 0 Å². The number of rotatable bonds is 6. The van der Waals surface area contributed by atoms with Crippen LogP contribution in [0.2, 0.25) is 0 Å². The molecule has 4 N–H and O–H groups in total. The van der Waals surface area contributed by atoms with Gasteiger partial charge in [-0.05, 0) is 36.4 Å². The van der Waals surface area contributed by atoms with E-state index in [0.717, 1.165) is 33.2 Å². The van der Waals surface area contributed by atoms with Gasteiger partial charge in [-0.25, -0.2) is 18.1 Å². The lowest BCUT2D eigenvalue weighted by Crippen LogP contribution is -2.29. The lowest BCUT2D eigenvalue weighted by molar-refractivity contribution is 0.582. The molecule has 6 nitrogen and oxygen atoms in total. The van der Waals surface area contributed by atoms with Crippen LogP contribution in [0.4, 0.5) is 11.4 Å². The number of pyridine rings is 1. The standard InChI is InChI=1S/C21H20N4O2S/c22-13-14-23-28(26,27)16-11-9-15(10-12-16)24-21-17-5-1-3-7-19(17)25-20-8-4-2-6-18(20)21/h1-12,23H,13-14,22H2,(H,24,25). The third kappa shape index (κ3) is 3.55. The molecule has 3 aromatic carbocycles. The van der Waals surface area contributed by atoms with Crippen molar-refractivity contribution in [1.82, 2.24) is 9.71 Å². The molecule has 4 aromatic rings. The Balaban J connectivity index is 1.74. The number of aromatic nitrogens is 1.